The fraction of sp³-hybridized carbons (Fsp3) is 0.583. The monoisotopic (exact) mass is 221 g/mol. The summed E-state index contributed by atoms with van der Waals surface area (Å²) in [6, 6.07) is 3.92. The number of hydrogen-bond donors (Lipinski definition) is 3. The van der Waals surface area contributed by atoms with E-state index in [0.717, 1.165) is 37.3 Å². The molecular weight excluding hydrogens is 202 g/mol. The number of pyridine rings is 1. The largest absolute Gasteiger partial charge is 0.393 e. The maximum Gasteiger partial charge on any atom is 0.127 e. The zero-order valence-electron chi connectivity index (χ0n) is 9.61. The van der Waals surface area contributed by atoms with Crippen LogP contribution in [0.25, 0.3) is 0 Å². The summed E-state index contributed by atoms with van der Waals surface area (Å²) in [5, 5.41) is 16.1. The first-order chi connectivity index (χ1) is 7.79. The van der Waals surface area contributed by atoms with Gasteiger partial charge in [-0.1, -0.05) is 6.42 Å². The highest BCUT2D eigenvalue weighted by Gasteiger charge is 2.24. The van der Waals surface area contributed by atoms with E-state index in [9.17, 15) is 5.11 Å². The summed E-state index contributed by atoms with van der Waals surface area (Å²) < 4.78 is 0. The van der Waals surface area contributed by atoms with E-state index in [0.29, 0.717) is 5.92 Å². The second-order valence-corrected chi connectivity index (χ2v) is 4.32. The number of aliphatic hydroxyl groups excluding tert-OH is 1. The van der Waals surface area contributed by atoms with E-state index in [1.54, 1.807) is 6.20 Å². The van der Waals surface area contributed by atoms with Gasteiger partial charge in [-0.25, -0.2) is 4.98 Å². The second-order valence-electron chi connectivity index (χ2n) is 4.32. The van der Waals surface area contributed by atoms with Crippen molar-refractivity contribution in [2.45, 2.75) is 25.4 Å². The lowest BCUT2D eigenvalue weighted by Crippen LogP contribution is -2.21. The molecule has 0 spiro atoms. The summed E-state index contributed by atoms with van der Waals surface area (Å²) in [5.74, 6) is 1.25. The molecular formula is C12H19N3O. The van der Waals surface area contributed by atoms with Crippen molar-refractivity contribution in [2.75, 3.05) is 24.2 Å². The minimum absolute atomic E-state index is 0.127. The summed E-state index contributed by atoms with van der Waals surface area (Å²) in [6.07, 6.45) is 4.87. The number of aromatic nitrogens is 1. The molecule has 2 unspecified atom stereocenters. The number of anilines is 2. The average molecular weight is 221 g/mol. The van der Waals surface area contributed by atoms with Crippen molar-refractivity contribution in [1.29, 1.82) is 0 Å². The van der Waals surface area contributed by atoms with Gasteiger partial charge in [0.1, 0.15) is 5.82 Å². The van der Waals surface area contributed by atoms with E-state index in [4.69, 9.17) is 0 Å². The Morgan fingerprint density at radius 1 is 1.50 bits per heavy atom. The molecule has 2 atom stereocenters. The maximum atomic E-state index is 9.70. The Labute approximate surface area is 96.1 Å². The van der Waals surface area contributed by atoms with E-state index >= 15 is 0 Å². The highest BCUT2D eigenvalue weighted by Crippen LogP contribution is 2.25. The summed E-state index contributed by atoms with van der Waals surface area (Å²) in [5.41, 5.74) is 1.05. The van der Waals surface area contributed by atoms with Crippen molar-refractivity contribution < 1.29 is 5.11 Å². The van der Waals surface area contributed by atoms with Crippen molar-refractivity contribution in [3.8, 4) is 0 Å². The fourth-order valence-corrected chi connectivity index (χ4v) is 2.18. The lowest BCUT2D eigenvalue weighted by atomic mass is 10.1. The molecule has 1 aliphatic carbocycles. The molecule has 0 amide bonds. The topological polar surface area (TPSA) is 57.2 Å². The van der Waals surface area contributed by atoms with Crippen LogP contribution in [0.2, 0.25) is 0 Å². The molecule has 4 heteroatoms. The van der Waals surface area contributed by atoms with Gasteiger partial charge in [0.15, 0.2) is 0 Å². The third-order valence-corrected chi connectivity index (χ3v) is 3.20. The number of rotatable bonds is 4. The molecule has 1 aromatic heterocycles. The normalized spacial score (nSPS) is 24.4. The summed E-state index contributed by atoms with van der Waals surface area (Å²) in [7, 11) is 1.85. The Morgan fingerprint density at radius 2 is 2.38 bits per heavy atom. The van der Waals surface area contributed by atoms with Crippen LogP contribution in [0.3, 0.4) is 0 Å². The average Bonchev–Trinajstić information content (AvgIpc) is 2.72. The standard InChI is InChI=1S/C12H19N3O/c1-13-12-7-10(5-6-14-12)15-8-9-3-2-4-11(9)16/h5-7,9,11,16H,2-4,8H2,1H3,(H2,13,14,15). The van der Waals surface area contributed by atoms with Crippen molar-refractivity contribution in [3.63, 3.8) is 0 Å². The highest BCUT2D eigenvalue weighted by molar-refractivity contribution is 5.51. The number of nitrogens with zero attached hydrogens (tertiary/aromatic N) is 1. The van der Waals surface area contributed by atoms with Gasteiger partial charge in [-0.15, -0.1) is 0 Å². The molecule has 0 aliphatic heterocycles. The van der Waals surface area contributed by atoms with Crippen LogP contribution in [0, 0.1) is 5.92 Å². The zero-order chi connectivity index (χ0) is 11.4. The van der Waals surface area contributed by atoms with E-state index in [1.165, 1.54) is 0 Å². The zero-order valence-corrected chi connectivity index (χ0v) is 9.61. The summed E-state index contributed by atoms with van der Waals surface area (Å²) in [4.78, 5) is 4.15. The van der Waals surface area contributed by atoms with Gasteiger partial charge in [0.25, 0.3) is 0 Å². The molecule has 16 heavy (non-hydrogen) atoms. The Kier molecular flexibility index (Phi) is 3.62. The molecule has 0 radical (unpaired) electrons. The molecule has 0 aromatic carbocycles. The van der Waals surface area contributed by atoms with Gasteiger partial charge >= 0.3 is 0 Å². The predicted octanol–water partition coefficient (Wildman–Crippen LogP) is 1.70. The van der Waals surface area contributed by atoms with Gasteiger partial charge in [0.05, 0.1) is 6.10 Å². The lowest BCUT2D eigenvalue weighted by Gasteiger charge is -2.16. The summed E-state index contributed by atoms with van der Waals surface area (Å²) >= 11 is 0. The molecule has 4 nitrogen and oxygen atoms in total. The molecule has 1 saturated carbocycles. The molecule has 1 aliphatic rings. The first kappa shape index (κ1) is 11.2. The van der Waals surface area contributed by atoms with E-state index < -0.39 is 0 Å². The van der Waals surface area contributed by atoms with Gasteiger partial charge < -0.3 is 15.7 Å². The smallest absolute Gasteiger partial charge is 0.127 e. The molecule has 88 valence electrons. The molecule has 0 saturated heterocycles. The maximum absolute atomic E-state index is 9.70. The second kappa shape index (κ2) is 5.16. The third-order valence-electron chi connectivity index (χ3n) is 3.20. The Bertz CT molecular complexity index is 343. The van der Waals surface area contributed by atoms with Crippen LogP contribution in [0.15, 0.2) is 18.3 Å². The van der Waals surface area contributed by atoms with Gasteiger partial charge in [-0.3, -0.25) is 0 Å². The molecule has 3 N–H and O–H groups in total. The van der Waals surface area contributed by atoms with E-state index in [2.05, 4.69) is 15.6 Å². The van der Waals surface area contributed by atoms with Crippen LogP contribution in [0.1, 0.15) is 19.3 Å². The van der Waals surface area contributed by atoms with Gasteiger partial charge in [-0.05, 0) is 18.9 Å². The van der Waals surface area contributed by atoms with Gasteiger partial charge in [0.2, 0.25) is 0 Å². The van der Waals surface area contributed by atoms with E-state index in [-0.39, 0.29) is 6.10 Å². The van der Waals surface area contributed by atoms with Crippen LogP contribution < -0.4 is 10.6 Å². The third kappa shape index (κ3) is 2.64. The fourth-order valence-electron chi connectivity index (χ4n) is 2.18. The number of aliphatic hydroxyl groups is 1. The van der Waals surface area contributed by atoms with Gasteiger partial charge in [0, 0.05) is 37.5 Å². The van der Waals surface area contributed by atoms with E-state index in [1.807, 2.05) is 19.2 Å². The highest BCUT2D eigenvalue weighted by atomic mass is 16.3. The first-order valence-corrected chi connectivity index (χ1v) is 5.85. The number of nitrogens with one attached hydrogen (secondary N) is 2. The Balaban J connectivity index is 1.88. The molecule has 0 bridgehead atoms. The number of hydrogen-bond acceptors (Lipinski definition) is 4. The van der Waals surface area contributed by atoms with Crippen molar-refractivity contribution in [1.82, 2.24) is 4.98 Å². The van der Waals surface area contributed by atoms with Crippen LogP contribution in [0.4, 0.5) is 11.5 Å². The molecule has 1 aromatic rings. The quantitative estimate of drug-likeness (QED) is 0.724. The lowest BCUT2D eigenvalue weighted by molar-refractivity contribution is 0.138. The molecule has 1 heterocycles. The Morgan fingerprint density at radius 3 is 3.06 bits per heavy atom. The van der Waals surface area contributed by atoms with Crippen molar-refractivity contribution in [2.24, 2.45) is 5.92 Å². The van der Waals surface area contributed by atoms with Crippen molar-refractivity contribution in [3.05, 3.63) is 18.3 Å². The summed E-state index contributed by atoms with van der Waals surface area (Å²) in [6.45, 7) is 0.842. The minimum atomic E-state index is -0.127. The van der Waals surface area contributed by atoms with Gasteiger partial charge in [-0.2, -0.15) is 0 Å². The van der Waals surface area contributed by atoms with Crippen LogP contribution in [0.5, 0.6) is 0 Å². The van der Waals surface area contributed by atoms with Crippen LogP contribution in [-0.2, 0) is 0 Å². The first-order valence-electron chi connectivity index (χ1n) is 5.85. The van der Waals surface area contributed by atoms with Crippen LogP contribution >= 0.6 is 0 Å². The van der Waals surface area contributed by atoms with Crippen LogP contribution in [-0.4, -0.2) is 29.8 Å². The minimum Gasteiger partial charge on any atom is -0.393 e. The molecule has 2 rings (SSSR count). The van der Waals surface area contributed by atoms with Crippen molar-refractivity contribution >= 4 is 11.5 Å². The molecule has 1 fully saturated rings. The predicted molar refractivity (Wildman–Crippen MR) is 65.6 cm³/mol. The SMILES string of the molecule is CNc1cc(NCC2CCCC2O)ccn1. The Hall–Kier alpha value is -1.29.